The predicted octanol–water partition coefficient (Wildman–Crippen LogP) is 4.69. The van der Waals surface area contributed by atoms with Crippen LogP contribution in [0.3, 0.4) is 0 Å². The van der Waals surface area contributed by atoms with Gasteiger partial charge in [0.15, 0.2) is 11.6 Å². The predicted molar refractivity (Wildman–Crippen MR) is 127 cm³/mol. The second-order valence-electron chi connectivity index (χ2n) is 7.73. The first-order valence-corrected chi connectivity index (χ1v) is 11.5. The maximum absolute atomic E-state index is 14.8. The molecule has 2 aromatic carbocycles. The van der Waals surface area contributed by atoms with Gasteiger partial charge in [-0.05, 0) is 37.6 Å². The molecule has 1 amide bonds. The van der Waals surface area contributed by atoms with Gasteiger partial charge in [-0.3, -0.25) is 14.4 Å². The van der Waals surface area contributed by atoms with E-state index in [-0.39, 0.29) is 36.3 Å². The Balaban J connectivity index is 1.88. The fourth-order valence-corrected chi connectivity index (χ4v) is 3.41. The van der Waals surface area contributed by atoms with Crippen LogP contribution >= 0.6 is 11.6 Å². The summed E-state index contributed by atoms with van der Waals surface area (Å²) < 4.78 is 49.8. The molecule has 0 aliphatic carbocycles. The van der Waals surface area contributed by atoms with Crippen molar-refractivity contribution in [1.29, 1.82) is 0 Å². The third kappa shape index (κ3) is 7.04. The Morgan fingerprint density at radius 3 is 2.32 bits per heavy atom. The molecule has 12 heteroatoms. The van der Waals surface area contributed by atoms with Crippen LogP contribution in [0.25, 0.3) is 11.3 Å². The zero-order chi connectivity index (χ0) is 27.1. The molecule has 1 unspecified atom stereocenters. The van der Waals surface area contributed by atoms with Crippen LogP contribution in [0.5, 0.6) is 5.75 Å². The van der Waals surface area contributed by atoms with E-state index in [4.69, 9.17) is 36.0 Å². The van der Waals surface area contributed by atoms with Gasteiger partial charge < -0.3 is 24.4 Å². The van der Waals surface area contributed by atoms with Crippen molar-refractivity contribution in [3.63, 3.8) is 0 Å². The number of primary amides is 1. The highest BCUT2D eigenvalue weighted by atomic mass is 35.5. The summed E-state index contributed by atoms with van der Waals surface area (Å²) in [6.45, 7) is 3.14. The smallest absolute Gasteiger partial charge is 0.306 e. The van der Waals surface area contributed by atoms with Crippen LogP contribution in [-0.2, 0) is 19.1 Å². The normalized spacial score (nSPS) is 11.6. The van der Waals surface area contributed by atoms with Crippen LogP contribution < -0.4 is 10.5 Å². The van der Waals surface area contributed by atoms with Gasteiger partial charge in [-0.1, -0.05) is 29.8 Å². The lowest BCUT2D eigenvalue weighted by molar-refractivity contribution is -0.151. The van der Waals surface area contributed by atoms with Gasteiger partial charge in [-0.15, -0.1) is 0 Å². The van der Waals surface area contributed by atoms with E-state index in [9.17, 15) is 23.2 Å². The molecule has 9 nitrogen and oxygen atoms in total. The molecule has 0 bridgehead atoms. The van der Waals surface area contributed by atoms with Gasteiger partial charge in [-0.2, -0.15) is 0 Å². The van der Waals surface area contributed by atoms with Gasteiger partial charge in [-0.25, -0.2) is 13.8 Å². The average molecular weight is 537 g/mol. The van der Waals surface area contributed by atoms with Crippen molar-refractivity contribution < 1.29 is 41.8 Å². The molecule has 2 N–H and O–H groups in total. The number of carbonyl (C=O) groups is 3. The number of oxazole rings is 1. The third-order valence-electron chi connectivity index (χ3n) is 5.01. The SMILES string of the molecule is CCOC(=O)CCC(=O)OCC(Oc1ccc(F)c(C(N)=O)c1F)c1nc(-c2ccc(C)cc2)c(Cl)o1. The molecule has 0 spiro atoms. The number of hydrogen-bond acceptors (Lipinski definition) is 8. The molecular formula is C25H23ClF2N2O7. The minimum atomic E-state index is -1.37. The molecule has 3 aromatic rings. The number of halogens is 3. The molecule has 0 radical (unpaired) electrons. The monoisotopic (exact) mass is 536 g/mol. The largest absolute Gasteiger partial charge is 0.474 e. The van der Waals surface area contributed by atoms with E-state index >= 15 is 0 Å². The molecule has 1 heterocycles. The number of carbonyl (C=O) groups excluding carboxylic acids is 3. The Morgan fingerprint density at radius 2 is 1.70 bits per heavy atom. The Labute approximate surface area is 215 Å². The second kappa shape index (κ2) is 12.3. The van der Waals surface area contributed by atoms with E-state index in [1.807, 2.05) is 19.1 Å². The first-order chi connectivity index (χ1) is 17.6. The number of nitrogens with two attached hydrogens (primary N) is 1. The summed E-state index contributed by atoms with van der Waals surface area (Å²) in [6, 6.07) is 8.90. The lowest BCUT2D eigenvalue weighted by Gasteiger charge is -2.17. The van der Waals surface area contributed by atoms with Crippen molar-refractivity contribution in [3.05, 3.63) is 70.3 Å². The second-order valence-corrected chi connectivity index (χ2v) is 8.08. The zero-order valence-corrected chi connectivity index (χ0v) is 20.6. The third-order valence-corrected chi connectivity index (χ3v) is 5.26. The van der Waals surface area contributed by atoms with Crippen molar-refractivity contribution in [2.75, 3.05) is 13.2 Å². The number of nitrogens with zero attached hydrogens (tertiary/aromatic N) is 1. The van der Waals surface area contributed by atoms with Crippen LogP contribution in [0.4, 0.5) is 8.78 Å². The number of rotatable bonds is 11. The van der Waals surface area contributed by atoms with E-state index in [1.165, 1.54) is 0 Å². The van der Waals surface area contributed by atoms with E-state index < -0.39 is 53.5 Å². The van der Waals surface area contributed by atoms with E-state index in [2.05, 4.69) is 4.98 Å². The molecule has 0 aliphatic rings. The van der Waals surface area contributed by atoms with Crippen molar-refractivity contribution in [2.45, 2.75) is 32.8 Å². The number of benzene rings is 2. The van der Waals surface area contributed by atoms with Gasteiger partial charge >= 0.3 is 11.9 Å². The Morgan fingerprint density at radius 1 is 1.05 bits per heavy atom. The molecule has 0 saturated carbocycles. The van der Waals surface area contributed by atoms with E-state index in [0.29, 0.717) is 5.56 Å². The van der Waals surface area contributed by atoms with Gasteiger partial charge in [0.25, 0.3) is 5.91 Å². The number of aromatic nitrogens is 1. The van der Waals surface area contributed by atoms with Crippen LogP contribution in [-0.4, -0.2) is 36.0 Å². The summed E-state index contributed by atoms with van der Waals surface area (Å²) in [4.78, 5) is 39.5. The lowest BCUT2D eigenvalue weighted by atomic mass is 10.1. The molecule has 196 valence electrons. The highest BCUT2D eigenvalue weighted by molar-refractivity contribution is 6.31. The van der Waals surface area contributed by atoms with Crippen LogP contribution in [0.1, 0.15) is 47.7 Å². The summed E-state index contributed by atoms with van der Waals surface area (Å²) in [7, 11) is 0. The Kier molecular flexibility index (Phi) is 9.18. The number of amides is 1. The summed E-state index contributed by atoms with van der Waals surface area (Å²) in [5.41, 5.74) is 5.92. The molecule has 0 saturated heterocycles. The zero-order valence-electron chi connectivity index (χ0n) is 19.9. The van der Waals surface area contributed by atoms with Gasteiger partial charge in [0.05, 0.1) is 19.4 Å². The Bertz CT molecular complexity index is 1290. The van der Waals surface area contributed by atoms with Crippen molar-refractivity contribution in [3.8, 4) is 17.0 Å². The van der Waals surface area contributed by atoms with Gasteiger partial charge in [0.1, 0.15) is 23.7 Å². The van der Waals surface area contributed by atoms with E-state index in [0.717, 1.165) is 17.7 Å². The maximum Gasteiger partial charge on any atom is 0.306 e. The first kappa shape index (κ1) is 27.6. The first-order valence-electron chi connectivity index (χ1n) is 11.1. The van der Waals surface area contributed by atoms with E-state index in [1.54, 1.807) is 19.1 Å². The lowest BCUT2D eigenvalue weighted by Crippen LogP contribution is -2.21. The quantitative estimate of drug-likeness (QED) is 0.349. The summed E-state index contributed by atoms with van der Waals surface area (Å²) in [6.07, 6.45) is -1.87. The molecule has 1 atom stereocenters. The molecule has 37 heavy (non-hydrogen) atoms. The highest BCUT2D eigenvalue weighted by Gasteiger charge is 2.28. The highest BCUT2D eigenvalue weighted by Crippen LogP contribution is 2.33. The summed E-state index contributed by atoms with van der Waals surface area (Å²) in [5.74, 6) is -6.01. The number of aryl methyl sites for hydroxylation is 1. The molecular weight excluding hydrogens is 514 g/mol. The molecule has 0 fully saturated rings. The Hall–Kier alpha value is -3.99. The molecule has 3 rings (SSSR count). The average Bonchev–Trinajstić information content (AvgIpc) is 3.23. The van der Waals surface area contributed by atoms with Gasteiger partial charge in [0.2, 0.25) is 17.2 Å². The summed E-state index contributed by atoms with van der Waals surface area (Å²) >= 11 is 6.23. The fraction of sp³-hybridized carbons (Fsp3) is 0.280. The fourth-order valence-electron chi connectivity index (χ4n) is 3.18. The number of hydrogen-bond donors (Lipinski definition) is 1. The minimum Gasteiger partial charge on any atom is -0.474 e. The summed E-state index contributed by atoms with van der Waals surface area (Å²) in [5, 5.41) is -0.113. The van der Waals surface area contributed by atoms with Gasteiger partial charge in [0, 0.05) is 5.56 Å². The van der Waals surface area contributed by atoms with Crippen molar-refractivity contribution in [2.24, 2.45) is 5.73 Å². The van der Waals surface area contributed by atoms with Crippen LogP contribution in [0.2, 0.25) is 5.22 Å². The van der Waals surface area contributed by atoms with Crippen LogP contribution in [0, 0.1) is 18.6 Å². The maximum atomic E-state index is 14.8. The molecule has 0 aliphatic heterocycles. The molecule has 1 aromatic heterocycles. The van der Waals surface area contributed by atoms with Crippen molar-refractivity contribution >= 4 is 29.4 Å². The number of ether oxygens (including phenoxy) is 3. The van der Waals surface area contributed by atoms with Crippen molar-refractivity contribution in [1.82, 2.24) is 4.98 Å². The van der Waals surface area contributed by atoms with Crippen LogP contribution in [0.15, 0.2) is 40.8 Å². The topological polar surface area (TPSA) is 131 Å². The number of esters is 2. The minimum absolute atomic E-state index is 0.113. The standard InChI is InChI=1S/C25H23ClF2N2O7/c1-3-34-18(31)10-11-19(32)35-12-17(36-16-9-8-15(27)20(21(16)28)24(29)33)25-30-22(23(26)37-25)14-6-4-13(2)5-7-14/h4-9,17H,3,10-12H2,1-2H3,(H2,29,33).